The molecule has 1 atom stereocenters. The summed E-state index contributed by atoms with van der Waals surface area (Å²) in [5, 5.41) is 0. The third kappa shape index (κ3) is 4.79. The van der Waals surface area contributed by atoms with Crippen molar-refractivity contribution in [2.45, 2.75) is 18.9 Å². The Morgan fingerprint density at radius 1 is 1.22 bits per heavy atom. The Morgan fingerprint density at radius 2 is 1.96 bits per heavy atom. The first-order chi connectivity index (χ1) is 12.9. The first kappa shape index (κ1) is 19.2. The molecule has 27 heavy (non-hydrogen) atoms. The molecule has 2 aromatic heterocycles. The van der Waals surface area contributed by atoms with Crippen LogP contribution in [0, 0.1) is 0 Å². The molecule has 0 bridgehead atoms. The third-order valence-corrected chi connectivity index (χ3v) is 6.57. The molecular formula is C18H23N5O3S. The van der Waals surface area contributed by atoms with Gasteiger partial charge in [0.05, 0.1) is 11.5 Å². The van der Waals surface area contributed by atoms with Crippen LogP contribution in [0.25, 0.3) is 0 Å². The molecule has 0 radical (unpaired) electrons. The summed E-state index contributed by atoms with van der Waals surface area (Å²) in [4.78, 5) is 28.5. The minimum atomic E-state index is -3.05. The number of carbonyl (C=O) groups excluding carboxylic acids is 1. The van der Waals surface area contributed by atoms with Gasteiger partial charge in [0.1, 0.15) is 17.8 Å². The number of hydrogen-bond acceptors (Lipinski definition) is 7. The molecule has 1 unspecified atom stereocenters. The van der Waals surface area contributed by atoms with Crippen molar-refractivity contribution in [1.29, 1.82) is 0 Å². The second kappa shape index (κ2) is 7.99. The largest absolute Gasteiger partial charge is 0.359 e. The predicted molar refractivity (Wildman–Crippen MR) is 102 cm³/mol. The number of aromatic nitrogens is 3. The Labute approximate surface area is 159 Å². The first-order valence-electron chi connectivity index (χ1n) is 8.75. The third-order valence-electron chi connectivity index (χ3n) is 4.82. The van der Waals surface area contributed by atoms with Crippen LogP contribution in [-0.4, -0.2) is 72.4 Å². The number of amides is 1. The molecule has 0 saturated carbocycles. The topological polar surface area (TPSA) is 96.4 Å². The highest BCUT2D eigenvalue weighted by Gasteiger charge is 2.33. The minimum Gasteiger partial charge on any atom is -0.359 e. The van der Waals surface area contributed by atoms with Gasteiger partial charge in [-0.1, -0.05) is 0 Å². The molecule has 1 saturated heterocycles. The fraction of sp³-hybridized carbons (Fsp3) is 0.444. The summed E-state index contributed by atoms with van der Waals surface area (Å²) >= 11 is 0. The van der Waals surface area contributed by atoms with E-state index in [1.165, 1.54) is 16.8 Å². The van der Waals surface area contributed by atoms with Crippen molar-refractivity contribution < 1.29 is 13.2 Å². The number of rotatable bonds is 6. The predicted octanol–water partition coefficient (Wildman–Crippen LogP) is 0.810. The number of hydrogen-bond donors (Lipinski definition) is 0. The Balaban J connectivity index is 1.66. The Kier molecular flexibility index (Phi) is 5.69. The fourth-order valence-electron chi connectivity index (χ4n) is 3.06. The van der Waals surface area contributed by atoms with Crippen molar-refractivity contribution in [1.82, 2.24) is 19.9 Å². The van der Waals surface area contributed by atoms with Crippen LogP contribution in [0.3, 0.4) is 0 Å². The van der Waals surface area contributed by atoms with E-state index in [1.54, 1.807) is 25.5 Å². The van der Waals surface area contributed by atoms with E-state index in [1.807, 2.05) is 24.1 Å². The summed E-state index contributed by atoms with van der Waals surface area (Å²) in [6, 6.07) is 5.28. The Hall–Kier alpha value is -2.55. The van der Waals surface area contributed by atoms with Crippen LogP contribution in [0.2, 0.25) is 0 Å². The van der Waals surface area contributed by atoms with Crippen LogP contribution in [-0.2, 0) is 16.3 Å². The molecule has 1 amide bonds. The molecule has 0 N–H and O–H groups in total. The van der Waals surface area contributed by atoms with Crippen LogP contribution in [0.5, 0.6) is 0 Å². The van der Waals surface area contributed by atoms with E-state index in [-0.39, 0.29) is 29.1 Å². The van der Waals surface area contributed by atoms with Gasteiger partial charge in [-0.2, -0.15) is 0 Å². The Bertz CT molecular complexity index is 904. The van der Waals surface area contributed by atoms with E-state index in [9.17, 15) is 13.2 Å². The average molecular weight is 389 g/mol. The molecule has 0 spiro atoms. The van der Waals surface area contributed by atoms with Gasteiger partial charge >= 0.3 is 0 Å². The number of sulfone groups is 1. The van der Waals surface area contributed by atoms with E-state index in [0.29, 0.717) is 12.2 Å². The molecule has 0 aromatic carbocycles. The molecule has 8 nitrogen and oxygen atoms in total. The average Bonchev–Trinajstić information content (AvgIpc) is 3.05. The zero-order valence-corrected chi connectivity index (χ0v) is 16.3. The second-order valence-electron chi connectivity index (χ2n) is 6.76. The van der Waals surface area contributed by atoms with E-state index in [2.05, 4.69) is 15.0 Å². The summed E-state index contributed by atoms with van der Waals surface area (Å²) in [6.07, 6.45) is 6.18. The highest BCUT2D eigenvalue weighted by Crippen LogP contribution is 2.19. The van der Waals surface area contributed by atoms with Gasteiger partial charge in [-0.3, -0.25) is 9.78 Å². The monoisotopic (exact) mass is 389 g/mol. The van der Waals surface area contributed by atoms with Crippen LogP contribution < -0.4 is 4.90 Å². The lowest BCUT2D eigenvalue weighted by Gasteiger charge is -2.23. The molecule has 9 heteroatoms. The molecule has 3 rings (SSSR count). The zero-order valence-electron chi connectivity index (χ0n) is 15.4. The van der Waals surface area contributed by atoms with Gasteiger partial charge in [-0.25, -0.2) is 18.4 Å². The fourth-order valence-corrected chi connectivity index (χ4v) is 4.84. The molecule has 3 heterocycles. The summed E-state index contributed by atoms with van der Waals surface area (Å²) < 4.78 is 23.3. The van der Waals surface area contributed by atoms with Crippen LogP contribution in [0.15, 0.2) is 36.9 Å². The number of nitrogens with zero attached hydrogens (tertiary/aromatic N) is 5. The molecule has 2 aromatic rings. The minimum absolute atomic E-state index is 0.0129. The van der Waals surface area contributed by atoms with Crippen molar-refractivity contribution in [3.8, 4) is 0 Å². The lowest BCUT2D eigenvalue weighted by molar-refractivity contribution is 0.0741. The lowest BCUT2D eigenvalue weighted by atomic mass is 10.2. The highest BCUT2D eigenvalue weighted by molar-refractivity contribution is 7.91. The SMILES string of the molecule is CN(CCc1ccncc1)c1cc(C(=O)N(C)C2CCS(=O)(=O)C2)ncn1. The number of likely N-dealkylation sites (N-methyl/N-ethyl adjacent to an activating group) is 1. The van der Waals surface area contributed by atoms with Gasteiger partial charge in [0.25, 0.3) is 5.91 Å². The van der Waals surface area contributed by atoms with Crippen molar-refractivity contribution in [2.24, 2.45) is 0 Å². The maximum absolute atomic E-state index is 12.7. The first-order valence-corrected chi connectivity index (χ1v) is 10.6. The van der Waals surface area contributed by atoms with Gasteiger partial charge in [0, 0.05) is 45.1 Å². The van der Waals surface area contributed by atoms with Gasteiger partial charge in [0.15, 0.2) is 9.84 Å². The van der Waals surface area contributed by atoms with Gasteiger partial charge in [-0.05, 0) is 30.5 Å². The van der Waals surface area contributed by atoms with E-state index in [0.717, 1.165) is 13.0 Å². The van der Waals surface area contributed by atoms with E-state index < -0.39 is 9.84 Å². The van der Waals surface area contributed by atoms with Crippen molar-refractivity contribution in [3.63, 3.8) is 0 Å². The number of carbonyl (C=O) groups is 1. The van der Waals surface area contributed by atoms with E-state index >= 15 is 0 Å². The summed E-state index contributed by atoms with van der Waals surface area (Å²) in [5.41, 5.74) is 1.44. The standard InChI is InChI=1S/C18H23N5O3S/c1-22(9-5-14-3-7-19-8-4-14)17-11-16(20-13-21-17)18(24)23(2)15-6-10-27(25,26)12-15/h3-4,7-8,11,13,15H,5-6,9-10,12H2,1-2H3. The summed E-state index contributed by atoms with van der Waals surface area (Å²) in [7, 11) is 0.485. The molecule has 144 valence electrons. The molecule has 1 aliphatic rings. The van der Waals surface area contributed by atoms with Crippen LogP contribution >= 0.6 is 0 Å². The maximum Gasteiger partial charge on any atom is 0.272 e. The van der Waals surface area contributed by atoms with Crippen molar-refractivity contribution >= 4 is 21.6 Å². The van der Waals surface area contributed by atoms with E-state index in [4.69, 9.17) is 0 Å². The molecule has 1 fully saturated rings. The van der Waals surface area contributed by atoms with Crippen LogP contribution in [0.1, 0.15) is 22.5 Å². The summed E-state index contributed by atoms with van der Waals surface area (Å²) in [6.45, 7) is 0.728. The van der Waals surface area contributed by atoms with Crippen molar-refractivity contribution in [2.75, 3.05) is 37.0 Å². The smallest absolute Gasteiger partial charge is 0.272 e. The quantitative estimate of drug-likeness (QED) is 0.721. The van der Waals surface area contributed by atoms with Crippen LogP contribution in [0.4, 0.5) is 5.82 Å². The molecule has 0 aliphatic carbocycles. The number of anilines is 1. The van der Waals surface area contributed by atoms with Gasteiger partial charge in [-0.15, -0.1) is 0 Å². The molecule has 1 aliphatic heterocycles. The second-order valence-corrected chi connectivity index (χ2v) is 8.99. The highest BCUT2D eigenvalue weighted by atomic mass is 32.2. The Morgan fingerprint density at radius 3 is 2.63 bits per heavy atom. The lowest BCUT2D eigenvalue weighted by Crippen LogP contribution is -2.38. The zero-order chi connectivity index (χ0) is 19.4. The molecular weight excluding hydrogens is 366 g/mol. The summed E-state index contributed by atoms with van der Waals surface area (Å²) in [5.74, 6) is 0.499. The number of pyridine rings is 1. The van der Waals surface area contributed by atoms with Gasteiger partial charge < -0.3 is 9.80 Å². The normalized spacial score (nSPS) is 18.2. The van der Waals surface area contributed by atoms with Crippen molar-refractivity contribution in [3.05, 3.63) is 48.2 Å². The maximum atomic E-state index is 12.7. The van der Waals surface area contributed by atoms with Gasteiger partial charge in [0.2, 0.25) is 0 Å².